The van der Waals surface area contributed by atoms with Crippen LogP contribution in [0.15, 0.2) is 0 Å². The highest BCUT2D eigenvalue weighted by molar-refractivity contribution is 5.02. The summed E-state index contributed by atoms with van der Waals surface area (Å²) in [6.07, 6.45) is 2.60. The molecule has 12 heavy (non-hydrogen) atoms. The zero-order valence-corrected chi connectivity index (χ0v) is 9.41. The van der Waals surface area contributed by atoms with Crippen molar-refractivity contribution in [3.8, 4) is 0 Å². The molecular weight excluding hydrogens is 146 g/mol. The zero-order valence-electron chi connectivity index (χ0n) is 9.41. The summed E-state index contributed by atoms with van der Waals surface area (Å²) in [5, 5.41) is 3.72. The van der Waals surface area contributed by atoms with E-state index >= 15 is 0 Å². The molecule has 72 valence electrons. The molecule has 0 bridgehead atoms. The molecular formula is C11H23N. The largest absolute Gasteiger partial charge is 0.306 e. The maximum Gasteiger partial charge on any atom is 0.0181 e. The maximum atomic E-state index is 3.72. The van der Waals surface area contributed by atoms with Crippen molar-refractivity contribution in [2.24, 2.45) is 5.41 Å². The van der Waals surface area contributed by atoms with Gasteiger partial charge in [-0.25, -0.2) is 0 Å². The normalized spacial score (nSPS) is 31.5. The van der Waals surface area contributed by atoms with Crippen molar-refractivity contribution in [3.63, 3.8) is 0 Å². The topological polar surface area (TPSA) is 12.0 Å². The van der Waals surface area contributed by atoms with Gasteiger partial charge in [-0.1, -0.05) is 13.8 Å². The Bertz CT molecular complexity index is 177. The van der Waals surface area contributed by atoms with Crippen LogP contribution in [-0.2, 0) is 0 Å². The van der Waals surface area contributed by atoms with Gasteiger partial charge in [0.1, 0.15) is 0 Å². The van der Waals surface area contributed by atoms with Crippen LogP contribution in [0.2, 0.25) is 0 Å². The molecule has 0 aromatic rings. The fraction of sp³-hybridized carbons (Fsp3) is 1.00. The molecule has 0 saturated carbocycles. The van der Waals surface area contributed by atoms with Gasteiger partial charge >= 0.3 is 0 Å². The molecule has 0 aromatic carbocycles. The Morgan fingerprint density at radius 3 is 1.67 bits per heavy atom. The van der Waals surface area contributed by atoms with Gasteiger partial charge in [0.05, 0.1) is 0 Å². The first-order chi connectivity index (χ1) is 5.16. The third-order valence-corrected chi connectivity index (χ3v) is 3.72. The minimum atomic E-state index is 0.259. The third kappa shape index (κ3) is 1.66. The Kier molecular flexibility index (Phi) is 2.07. The first-order valence-electron chi connectivity index (χ1n) is 4.96. The van der Waals surface area contributed by atoms with Gasteiger partial charge in [-0.3, -0.25) is 0 Å². The molecule has 0 spiro atoms. The number of piperidine rings is 1. The van der Waals surface area contributed by atoms with Gasteiger partial charge < -0.3 is 5.32 Å². The second-order valence-electron chi connectivity index (χ2n) is 6.02. The van der Waals surface area contributed by atoms with Gasteiger partial charge in [0.15, 0.2) is 0 Å². The fourth-order valence-corrected chi connectivity index (χ4v) is 2.02. The molecule has 0 aromatic heterocycles. The Hall–Kier alpha value is -0.0400. The number of hydrogen-bond donors (Lipinski definition) is 1. The van der Waals surface area contributed by atoms with Gasteiger partial charge in [-0.2, -0.15) is 0 Å². The summed E-state index contributed by atoms with van der Waals surface area (Å²) in [4.78, 5) is 0. The zero-order chi connectivity index (χ0) is 9.62. The van der Waals surface area contributed by atoms with Crippen LogP contribution in [-0.4, -0.2) is 11.1 Å². The van der Waals surface area contributed by atoms with E-state index in [0.717, 1.165) is 0 Å². The molecule has 0 atom stereocenters. The van der Waals surface area contributed by atoms with Crippen molar-refractivity contribution >= 4 is 0 Å². The molecule has 1 saturated heterocycles. The van der Waals surface area contributed by atoms with E-state index in [2.05, 4.69) is 46.9 Å². The molecule has 0 aliphatic carbocycles. The van der Waals surface area contributed by atoms with Gasteiger partial charge in [-0.05, 0) is 46.0 Å². The number of nitrogens with one attached hydrogen (secondary N) is 1. The lowest BCUT2D eigenvalue weighted by Crippen LogP contribution is -2.63. The highest BCUT2D eigenvalue weighted by Crippen LogP contribution is 2.42. The van der Waals surface area contributed by atoms with Crippen LogP contribution < -0.4 is 5.32 Å². The standard InChI is InChI=1S/C11H23N/c1-9(2)7-8-10(3,4)12-11(9,5)6/h12H,7-8H2,1-6H3. The van der Waals surface area contributed by atoms with Crippen molar-refractivity contribution in [3.05, 3.63) is 0 Å². The number of hydrogen-bond acceptors (Lipinski definition) is 1. The van der Waals surface area contributed by atoms with E-state index in [9.17, 15) is 0 Å². The van der Waals surface area contributed by atoms with Crippen LogP contribution >= 0.6 is 0 Å². The molecule has 0 unspecified atom stereocenters. The SMILES string of the molecule is CC1(C)CCC(C)(C)C(C)(C)N1. The molecule has 1 rings (SSSR count). The number of rotatable bonds is 0. The van der Waals surface area contributed by atoms with E-state index < -0.39 is 0 Å². The second-order valence-corrected chi connectivity index (χ2v) is 6.02. The molecule has 1 aliphatic rings. The lowest BCUT2D eigenvalue weighted by molar-refractivity contribution is 0.0461. The molecule has 1 N–H and O–H groups in total. The summed E-state index contributed by atoms with van der Waals surface area (Å²) in [6.45, 7) is 13.9. The Labute approximate surface area is 76.9 Å². The average Bonchev–Trinajstić information content (AvgIpc) is 1.79. The third-order valence-electron chi connectivity index (χ3n) is 3.72. The molecule has 1 heteroatoms. The van der Waals surface area contributed by atoms with Crippen LogP contribution in [0.4, 0.5) is 0 Å². The average molecular weight is 169 g/mol. The van der Waals surface area contributed by atoms with Crippen LogP contribution in [0.1, 0.15) is 54.4 Å². The van der Waals surface area contributed by atoms with E-state index in [0.29, 0.717) is 11.0 Å². The molecule has 1 fully saturated rings. The Morgan fingerprint density at radius 1 is 0.833 bits per heavy atom. The first kappa shape index (κ1) is 10.0. The summed E-state index contributed by atoms with van der Waals surface area (Å²) < 4.78 is 0. The molecule has 0 radical (unpaired) electrons. The Balaban J connectivity index is 2.82. The van der Waals surface area contributed by atoms with E-state index in [4.69, 9.17) is 0 Å². The summed E-state index contributed by atoms with van der Waals surface area (Å²) in [6, 6.07) is 0. The molecule has 0 amide bonds. The highest BCUT2D eigenvalue weighted by atomic mass is 15.1. The van der Waals surface area contributed by atoms with E-state index in [1.807, 2.05) is 0 Å². The van der Waals surface area contributed by atoms with E-state index in [-0.39, 0.29) is 5.54 Å². The predicted molar refractivity (Wildman–Crippen MR) is 54.3 cm³/mol. The van der Waals surface area contributed by atoms with Crippen molar-refractivity contribution in [2.75, 3.05) is 0 Å². The smallest absolute Gasteiger partial charge is 0.0181 e. The molecule has 1 nitrogen and oxygen atoms in total. The van der Waals surface area contributed by atoms with Crippen molar-refractivity contribution < 1.29 is 0 Å². The maximum absolute atomic E-state index is 3.72. The van der Waals surface area contributed by atoms with E-state index in [1.165, 1.54) is 12.8 Å². The monoisotopic (exact) mass is 169 g/mol. The molecule has 1 aliphatic heterocycles. The minimum Gasteiger partial charge on any atom is -0.306 e. The summed E-state index contributed by atoms with van der Waals surface area (Å²) in [5.74, 6) is 0. The van der Waals surface area contributed by atoms with Crippen molar-refractivity contribution in [1.29, 1.82) is 0 Å². The van der Waals surface area contributed by atoms with Crippen molar-refractivity contribution in [1.82, 2.24) is 5.32 Å². The first-order valence-corrected chi connectivity index (χ1v) is 4.96. The summed E-state index contributed by atoms with van der Waals surface area (Å²) >= 11 is 0. The second kappa shape index (κ2) is 2.47. The summed E-state index contributed by atoms with van der Waals surface area (Å²) in [5.41, 5.74) is 0.996. The highest BCUT2D eigenvalue weighted by Gasteiger charge is 2.44. The van der Waals surface area contributed by atoms with Gasteiger partial charge in [-0.15, -0.1) is 0 Å². The fourth-order valence-electron chi connectivity index (χ4n) is 2.02. The van der Waals surface area contributed by atoms with Gasteiger partial charge in [0.25, 0.3) is 0 Å². The van der Waals surface area contributed by atoms with E-state index in [1.54, 1.807) is 0 Å². The van der Waals surface area contributed by atoms with Crippen LogP contribution in [0.5, 0.6) is 0 Å². The quantitative estimate of drug-likeness (QED) is 0.588. The van der Waals surface area contributed by atoms with Crippen LogP contribution in [0.3, 0.4) is 0 Å². The lowest BCUT2D eigenvalue weighted by Gasteiger charge is -2.53. The van der Waals surface area contributed by atoms with Crippen LogP contribution in [0, 0.1) is 5.41 Å². The van der Waals surface area contributed by atoms with Crippen LogP contribution in [0.25, 0.3) is 0 Å². The van der Waals surface area contributed by atoms with Gasteiger partial charge in [0, 0.05) is 11.1 Å². The summed E-state index contributed by atoms with van der Waals surface area (Å²) in [7, 11) is 0. The molecule has 1 heterocycles. The van der Waals surface area contributed by atoms with Gasteiger partial charge in [0.2, 0.25) is 0 Å². The Morgan fingerprint density at radius 2 is 1.33 bits per heavy atom. The predicted octanol–water partition coefficient (Wildman–Crippen LogP) is 2.95. The van der Waals surface area contributed by atoms with Crippen molar-refractivity contribution in [2.45, 2.75) is 65.5 Å². The minimum absolute atomic E-state index is 0.259. The lowest BCUT2D eigenvalue weighted by atomic mass is 9.65.